The number of esters is 1. The molecule has 1 aromatic heterocycles. The van der Waals surface area contributed by atoms with E-state index in [1.807, 2.05) is 0 Å². The Balaban J connectivity index is 1.82. The molecule has 11 heteroatoms. The Kier molecular flexibility index (Phi) is 7.11. The van der Waals surface area contributed by atoms with Crippen LogP contribution in [0.2, 0.25) is 0 Å². The Morgan fingerprint density at radius 1 is 1.09 bits per heavy atom. The van der Waals surface area contributed by atoms with Crippen LogP contribution >= 0.6 is 11.3 Å². The number of hydrogen-bond acceptors (Lipinski definition) is 8. The molecule has 3 rings (SSSR count). The van der Waals surface area contributed by atoms with E-state index >= 15 is 0 Å². The van der Waals surface area contributed by atoms with Crippen LogP contribution in [0.15, 0.2) is 53.4 Å². The number of carbonyl (C=O) groups is 2. The zero-order chi connectivity index (χ0) is 23.3. The minimum atomic E-state index is -3.95. The molecule has 0 saturated heterocycles. The number of methoxy groups -OCH3 is 1. The summed E-state index contributed by atoms with van der Waals surface area (Å²) in [6.07, 6.45) is 0. The van der Waals surface area contributed by atoms with Crippen LogP contribution in [-0.2, 0) is 14.8 Å². The number of amides is 1. The van der Waals surface area contributed by atoms with Crippen LogP contribution in [0.5, 0.6) is 5.75 Å². The van der Waals surface area contributed by atoms with Gasteiger partial charge in [0.05, 0.1) is 35.6 Å². The van der Waals surface area contributed by atoms with Crippen molar-refractivity contribution in [2.75, 3.05) is 23.8 Å². The van der Waals surface area contributed by atoms with Crippen molar-refractivity contribution in [3.63, 3.8) is 0 Å². The van der Waals surface area contributed by atoms with Crippen molar-refractivity contribution in [1.82, 2.24) is 4.98 Å². The number of nitrogens with zero attached hydrogens (tertiary/aromatic N) is 1. The van der Waals surface area contributed by atoms with Crippen LogP contribution in [0.4, 0.5) is 10.8 Å². The van der Waals surface area contributed by atoms with Crippen LogP contribution in [0.1, 0.15) is 32.6 Å². The average Bonchev–Trinajstić information content (AvgIpc) is 3.14. The minimum Gasteiger partial charge on any atom is -0.497 e. The number of benzene rings is 2. The third-order valence-corrected chi connectivity index (χ3v) is 6.70. The molecule has 1 heterocycles. The molecular weight excluding hydrogens is 454 g/mol. The van der Waals surface area contributed by atoms with E-state index < -0.39 is 21.9 Å². The highest BCUT2D eigenvalue weighted by Gasteiger charge is 2.21. The van der Waals surface area contributed by atoms with Crippen molar-refractivity contribution in [2.24, 2.45) is 0 Å². The van der Waals surface area contributed by atoms with Crippen molar-refractivity contribution in [3.05, 3.63) is 64.7 Å². The lowest BCUT2D eigenvalue weighted by Crippen LogP contribution is -2.18. The van der Waals surface area contributed by atoms with E-state index in [-0.39, 0.29) is 32.8 Å². The second-order valence-corrected chi connectivity index (χ2v) is 9.12. The summed E-state index contributed by atoms with van der Waals surface area (Å²) in [5.74, 6) is -0.581. The van der Waals surface area contributed by atoms with Crippen LogP contribution in [0.25, 0.3) is 0 Å². The number of aryl methyl sites for hydroxylation is 1. The zero-order valence-corrected chi connectivity index (χ0v) is 19.2. The number of thiazole rings is 1. The van der Waals surface area contributed by atoms with E-state index in [1.54, 1.807) is 26.0 Å². The van der Waals surface area contributed by atoms with E-state index in [9.17, 15) is 18.0 Å². The van der Waals surface area contributed by atoms with E-state index in [0.29, 0.717) is 11.4 Å². The van der Waals surface area contributed by atoms with Crippen LogP contribution < -0.4 is 14.8 Å². The summed E-state index contributed by atoms with van der Waals surface area (Å²) >= 11 is 0.982. The fourth-order valence-electron chi connectivity index (χ4n) is 2.73. The molecule has 0 fully saturated rings. The quantitative estimate of drug-likeness (QED) is 0.476. The summed E-state index contributed by atoms with van der Waals surface area (Å²) in [4.78, 5) is 29.3. The maximum absolute atomic E-state index is 12.8. The van der Waals surface area contributed by atoms with Gasteiger partial charge in [-0.2, -0.15) is 0 Å². The maximum atomic E-state index is 12.8. The summed E-state index contributed by atoms with van der Waals surface area (Å²) in [5.41, 5.74) is 0.618. The van der Waals surface area contributed by atoms with Gasteiger partial charge in [0, 0.05) is 0 Å². The Morgan fingerprint density at radius 2 is 1.78 bits per heavy atom. The molecule has 1 amide bonds. The van der Waals surface area contributed by atoms with E-state index in [0.717, 1.165) is 11.3 Å². The Morgan fingerprint density at radius 3 is 2.44 bits per heavy atom. The van der Waals surface area contributed by atoms with Crippen LogP contribution in [0, 0.1) is 6.92 Å². The van der Waals surface area contributed by atoms with Gasteiger partial charge < -0.3 is 9.47 Å². The molecule has 3 aromatic rings. The number of para-hydroxylation sites is 1. The first kappa shape index (κ1) is 23.2. The second kappa shape index (κ2) is 9.79. The molecule has 0 aliphatic heterocycles. The average molecular weight is 476 g/mol. The number of anilines is 2. The number of sulfonamides is 1. The molecular formula is C21H21N3O6S2. The maximum Gasteiger partial charge on any atom is 0.350 e. The smallest absolute Gasteiger partial charge is 0.350 e. The zero-order valence-electron chi connectivity index (χ0n) is 17.5. The van der Waals surface area contributed by atoms with Gasteiger partial charge in [-0.1, -0.05) is 23.5 Å². The molecule has 0 bridgehead atoms. The predicted octanol–water partition coefficient (Wildman–Crippen LogP) is 3.69. The molecule has 0 aliphatic rings. The Labute approximate surface area is 189 Å². The minimum absolute atomic E-state index is 0.0168. The molecule has 0 saturated carbocycles. The first-order valence-electron chi connectivity index (χ1n) is 9.47. The topological polar surface area (TPSA) is 124 Å². The first-order valence-corrected chi connectivity index (χ1v) is 11.8. The molecule has 2 N–H and O–H groups in total. The van der Waals surface area contributed by atoms with Gasteiger partial charge in [0.2, 0.25) is 0 Å². The lowest BCUT2D eigenvalue weighted by atomic mass is 10.2. The number of hydrogen-bond donors (Lipinski definition) is 2. The lowest BCUT2D eigenvalue weighted by Gasteiger charge is -2.12. The van der Waals surface area contributed by atoms with Gasteiger partial charge in [0.25, 0.3) is 15.9 Å². The molecule has 9 nitrogen and oxygen atoms in total. The molecule has 0 radical (unpaired) electrons. The monoisotopic (exact) mass is 475 g/mol. The number of ether oxygens (including phenoxy) is 2. The van der Waals surface area contributed by atoms with E-state index in [2.05, 4.69) is 15.0 Å². The van der Waals surface area contributed by atoms with Gasteiger partial charge in [0.15, 0.2) is 5.13 Å². The number of nitrogens with one attached hydrogen (secondary N) is 2. The Bertz CT molecular complexity index is 1240. The molecule has 32 heavy (non-hydrogen) atoms. The first-order chi connectivity index (χ1) is 15.2. The van der Waals surface area contributed by atoms with Crippen molar-refractivity contribution >= 4 is 44.1 Å². The third-order valence-electron chi connectivity index (χ3n) is 4.26. The van der Waals surface area contributed by atoms with Crippen molar-refractivity contribution in [2.45, 2.75) is 18.7 Å². The highest BCUT2D eigenvalue weighted by molar-refractivity contribution is 7.92. The van der Waals surface area contributed by atoms with Crippen LogP contribution in [-0.4, -0.2) is 39.0 Å². The number of carbonyl (C=O) groups excluding carboxylic acids is 2. The largest absolute Gasteiger partial charge is 0.497 e. The molecule has 0 atom stereocenters. The highest BCUT2D eigenvalue weighted by Crippen LogP contribution is 2.26. The number of rotatable bonds is 8. The van der Waals surface area contributed by atoms with E-state index in [4.69, 9.17) is 9.47 Å². The molecule has 168 valence electrons. The fraction of sp³-hybridized carbons (Fsp3) is 0.190. The van der Waals surface area contributed by atoms with Gasteiger partial charge in [-0.3, -0.25) is 14.8 Å². The fourth-order valence-corrected chi connectivity index (χ4v) is 4.66. The summed E-state index contributed by atoms with van der Waals surface area (Å²) in [6, 6.07) is 12.0. The predicted molar refractivity (Wildman–Crippen MR) is 121 cm³/mol. The SMILES string of the molecule is CCOC(=O)c1sc(NC(=O)c2ccccc2NS(=O)(=O)c2ccc(OC)cc2)nc1C. The van der Waals surface area contributed by atoms with Crippen molar-refractivity contribution in [1.29, 1.82) is 0 Å². The third kappa shape index (κ3) is 5.24. The van der Waals surface area contributed by atoms with Gasteiger partial charge in [-0.25, -0.2) is 18.2 Å². The van der Waals surface area contributed by atoms with Gasteiger partial charge >= 0.3 is 5.97 Å². The summed E-state index contributed by atoms with van der Waals surface area (Å²) in [5, 5.41) is 2.80. The highest BCUT2D eigenvalue weighted by atomic mass is 32.2. The summed E-state index contributed by atoms with van der Waals surface area (Å²) in [7, 11) is -2.46. The van der Waals surface area contributed by atoms with Crippen molar-refractivity contribution < 1.29 is 27.5 Å². The standard InChI is InChI=1S/C21H21N3O6S2/c1-4-30-20(26)18-13(2)22-21(31-18)23-19(25)16-7-5-6-8-17(16)24-32(27,28)15-11-9-14(29-3)10-12-15/h5-12,24H,4H2,1-3H3,(H,22,23,25). The van der Waals surface area contributed by atoms with E-state index in [1.165, 1.54) is 43.5 Å². The molecule has 2 aromatic carbocycles. The molecule has 0 spiro atoms. The van der Waals surface area contributed by atoms with Gasteiger partial charge in [0.1, 0.15) is 10.6 Å². The van der Waals surface area contributed by atoms with Crippen LogP contribution in [0.3, 0.4) is 0 Å². The summed E-state index contributed by atoms with van der Waals surface area (Å²) < 4.78 is 38.0. The van der Waals surface area contributed by atoms with Gasteiger partial charge in [-0.05, 0) is 50.2 Å². The summed E-state index contributed by atoms with van der Waals surface area (Å²) in [6.45, 7) is 3.55. The Hall–Kier alpha value is -3.44. The lowest BCUT2D eigenvalue weighted by molar-refractivity contribution is 0.0531. The van der Waals surface area contributed by atoms with Crippen molar-refractivity contribution in [3.8, 4) is 5.75 Å². The molecule has 0 unspecified atom stereocenters. The number of aromatic nitrogens is 1. The van der Waals surface area contributed by atoms with Gasteiger partial charge in [-0.15, -0.1) is 0 Å². The normalized spacial score (nSPS) is 11.0. The second-order valence-electron chi connectivity index (χ2n) is 6.43. The molecule has 0 aliphatic carbocycles.